The van der Waals surface area contributed by atoms with E-state index in [0.29, 0.717) is 19.3 Å². The van der Waals surface area contributed by atoms with Gasteiger partial charge in [-0.15, -0.1) is 0 Å². The van der Waals surface area contributed by atoms with E-state index in [2.05, 4.69) is 0 Å². The Morgan fingerprint density at radius 3 is 1.85 bits per heavy atom. The zero-order valence-corrected chi connectivity index (χ0v) is 6.99. The summed E-state index contributed by atoms with van der Waals surface area (Å²) < 4.78 is 37.3. The summed E-state index contributed by atoms with van der Waals surface area (Å²) in [5.74, 6) is -1.97. The van der Waals surface area contributed by atoms with Gasteiger partial charge in [-0.3, -0.25) is 0 Å². The molecular weight excluding hydrogens is 185 g/mol. The number of aliphatic carboxylic acids is 1. The van der Waals surface area contributed by atoms with Gasteiger partial charge in [-0.05, 0) is 12.8 Å². The third-order valence-electron chi connectivity index (χ3n) is 2.64. The Kier molecular flexibility index (Phi) is 2.54. The van der Waals surface area contributed by atoms with Crippen LogP contribution in [-0.4, -0.2) is 12.1 Å². The summed E-state index contributed by atoms with van der Waals surface area (Å²) in [5.41, 5.74) is -2.58. The van der Waals surface area contributed by atoms with E-state index in [1.54, 1.807) is 0 Å². The fourth-order valence-corrected chi connectivity index (χ4v) is 1.76. The van der Waals surface area contributed by atoms with Crippen LogP contribution in [-0.2, 0) is 4.79 Å². The largest absolute Gasteiger partial charge is 0.549 e. The minimum absolute atomic E-state index is 0.313. The number of carbonyl (C=O) groups excluding carboxylic acids is 1. The molecule has 0 aromatic carbocycles. The summed E-state index contributed by atoms with van der Waals surface area (Å²) in [6.07, 6.45) is -4.05. The van der Waals surface area contributed by atoms with Crippen molar-refractivity contribution in [2.45, 2.75) is 38.3 Å². The Hall–Kier alpha value is -0.740. The highest BCUT2D eigenvalue weighted by Gasteiger charge is 2.55. The van der Waals surface area contributed by atoms with Crippen LogP contribution in [0.1, 0.15) is 32.1 Å². The molecule has 0 heterocycles. The van der Waals surface area contributed by atoms with Crippen LogP contribution in [0, 0.1) is 5.41 Å². The molecule has 2 nitrogen and oxygen atoms in total. The Morgan fingerprint density at radius 2 is 1.62 bits per heavy atom. The summed E-state index contributed by atoms with van der Waals surface area (Å²) in [7, 11) is 0. The van der Waals surface area contributed by atoms with E-state index in [1.807, 2.05) is 0 Å². The summed E-state index contributed by atoms with van der Waals surface area (Å²) >= 11 is 0. The first-order valence-electron chi connectivity index (χ1n) is 4.18. The van der Waals surface area contributed by atoms with Crippen LogP contribution in [0.3, 0.4) is 0 Å². The normalized spacial score (nSPS) is 22.7. The van der Waals surface area contributed by atoms with Crippen molar-refractivity contribution in [2.75, 3.05) is 0 Å². The fraction of sp³-hybridized carbons (Fsp3) is 0.875. The minimum Gasteiger partial charge on any atom is -0.549 e. The molecule has 1 aliphatic carbocycles. The molecular formula is C8H10F3O2-. The van der Waals surface area contributed by atoms with Gasteiger partial charge in [0.2, 0.25) is 0 Å². The minimum atomic E-state index is -4.67. The van der Waals surface area contributed by atoms with Crippen LogP contribution < -0.4 is 5.11 Å². The summed E-state index contributed by atoms with van der Waals surface area (Å²) in [5, 5.41) is 10.5. The van der Waals surface area contributed by atoms with Crippen molar-refractivity contribution < 1.29 is 23.1 Å². The molecule has 0 unspecified atom stereocenters. The predicted octanol–water partition coefficient (Wildman–Crippen LogP) is 1.25. The SMILES string of the molecule is O=C([O-])C1(C(F)(F)F)CCCCC1. The second-order valence-electron chi connectivity index (χ2n) is 3.43. The van der Waals surface area contributed by atoms with Crippen molar-refractivity contribution in [3.05, 3.63) is 0 Å². The lowest BCUT2D eigenvalue weighted by atomic mass is 9.73. The van der Waals surface area contributed by atoms with E-state index in [9.17, 15) is 23.1 Å². The van der Waals surface area contributed by atoms with Crippen LogP contribution >= 0.6 is 0 Å². The highest BCUT2D eigenvalue weighted by Crippen LogP contribution is 2.48. The predicted molar refractivity (Wildman–Crippen MR) is 36.6 cm³/mol. The maximum absolute atomic E-state index is 12.4. The molecule has 76 valence electrons. The number of rotatable bonds is 1. The standard InChI is InChI=1S/C8H11F3O2/c9-8(10,11)7(6(12)13)4-2-1-3-5-7/h1-5H2,(H,12,13)/p-1. The zero-order chi connectivity index (χ0) is 10.1. The molecule has 0 radical (unpaired) electrons. The zero-order valence-electron chi connectivity index (χ0n) is 6.99. The van der Waals surface area contributed by atoms with Crippen LogP contribution in [0.2, 0.25) is 0 Å². The van der Waals surface area contributed by atoms with Crippen molar-refractivity contribution in [3.8, 4) is 0 Å². The molecule has 0 aliphatic heterocycles. The Morgan fingerprint density at radius 1 is 1.15 bits per heavy atom. The topological polar surface area (TPSA) is 40.1 Å². The highest BCUT2D eigenvalue weighted by atomic mass is 19.4. The van der Waals surface area contributed by atoms with E-state index in [4.69, 9.17) is 0 Å². The molecule has 5 heteroatoms. The molecule has 0 aromatic heterocycles. The van der Waals surface area contributed by atoms with Gasteiger partial charge in [-0.1, -0.05) is 19.3 Å². The quantitative estimate of drug-likeness (QED) is 0.631. The van der Waals surface area contributed by atoms with Crippen LogP contribution in [0.4, 0.5) is 13.2 Å². The molecule has 1 rings (SSSR count). The lowest BCUT2D eigenvalue weighted by Gasteiger charge is -2.39. The third-order valence-corrected chi connectivity index (χ3v) is 2.64. The van der Waals surface area contributed by atoms with E-state index < -0.39 is 17.6 Å². The summed E-state index contributed by atoms with van der Waals surface area (Å²) in [4.78, 5) is 10.5. The molecule has 1 fully saturated rings. The maximum atomic E-state index is 12.4. The number of hydrogen-bond donors (Lipinski definition) is 0. The van der Waals surface area contributed by atoms with Crippen molar-refractivity contribution >= 4 is 5.97 Å². The number of halogens is 3. The van der Waals surface area contributed by atoms with E-state index >= 15 is 0 Å². The Balaban J connectivity index is 2.93. The lowest BCUT2D eigenvalue weighted by Crippen LogP contribution is -2.53. The second kappa shape index (κ2) is 3.20. The fourth-order valence-electron chi connectivity index (χ4n) is 1.76. The van der Waals surface area contributed by atoms with Gasteiger partial charge in [0.25, 0.3) is 0 Å². The molecule has 1 saturated carbocycles. The molecule has 0 saturated heterocycles. The van der Waals surface area contributed by atoms with Crippen molar-refractivity contribution in [1.82, 2.24) is 0 Å². The first-order chi connectivity index (χ1) is 5.90. The number of alkyl halides is 3. The lowest BCUT2D eigenvalue weighted by molar-refractivity contribution is -0.346. The van der Waals surface area contributed by atoms with Gasteiger partial charge in [-0.2, -0.15) is 13.2 Å². The van der Waals surface area contributed by atoms with Gasteiger partial charge in [0, 0.05) is 0 Å². The van der Waals surface area contributed by atoms with Crippen molar-refractivity contribution in [3.63, 3.8) is 0 Å². The number of carbonyl (C=O) groups is 1. The summed E-state index contributed by atoms with van der Waals surface area (Å²) in [6.45, 7) is 0. The average Bonchev–Trinajstić information content (AvgIpc) is 2.03. The van der Waals surface area contributed by atoms with Gasteiger partial charge in [-0.25, -0.2) is 0 Å². The van der Waals surface area contributed by atoms with E-state index in [1.165, 1.54) is 0 Å². The Labute approximate surface area is 73.7 Å². The van der Waals surface area contributed by atoms with Crippen LogP contribution in [0.5, 0.6) is 0 Å². The average molecular weight is 195 g/mol. The van der Waals surface area contributed by atoms with Gasteiger partial charge >= 0.3 is 6.18 Å². The molecule has 0 atom stereocenters. The van der Waals surface area contributed by atoms with Crippen LogP contribution in [0.25, 0.3) is 0 Å². The first kappa shape index (κ1) is 10.3. The molecule has 0 N–H and O–H groups in total. The molecule has 0 spiro atoms. The molecule has 0 aromatic rings. The smallest absolute Gasteiger partial charge is 0.399 e. The monoisotopic (exact) mass is 195 g/mol. The molecule has 0 bridgehead atoms. The van der Waals surface area contributed by atoms with E-state index in [-0.39, 0.29) is 12.8 Å². The van der Waals surface area contributed by atoms with Gasteiger partial charge in [0.1, 0.15) is 5.41 Å². The number of hydrogen-bond acceptors (Lipinski definition) is 2. The molecule has 13 heavy (non-hydrogen) atoms. The van der Waals surface area contributed by atoms with Gasteiger partial charge < -0.3 is 9.90 Å². The van der Waals surface area contributed by atoms with E-state index in [0.717, 1.165) is 0 Å². The maximum Gasteiger partial charge on any atom is 0.399 e. The van der Waals surface area contributed by atoms with Gasteiger partial charge in [0.05, 0.1) is 5.97 Å². The van der Waals surface area contributed by atoms with Crippen molar-refractivity contribution in [2.24, 2.45) is 5.41 Å². The van der Waals surface area contributed by atoms with Gasteiger partial charge in [0.15, 0.2) is 0 Å². The number of carboxylic acids is 1. The number of carboxylic acid groups (broad SMARTS) is 1. The molecule has 0 amide bonds. The highest BCUT2D eigenvalue weighted by molar-refractivity contribution is 5.73. The van der Waals surface area contributed by atoms with Crippen LogP contribution in [0.15, 0.2) is 0 Å². The molecule has 1 aliphatic rings. The summed E-state index contributed by atoms with van der Waals surface area (Å²) in [6, 6.07) is 0. The van der Waals surface area contributed by atoms with Crippen molar-refractivity contribution in [1.29, 1.82) is 0 Å². The third kappa shape index (κ3) is 1.64. The Bertz CT molecular complexity index is 204. The second-order valence-corrected chi connectivity index (χ2v) is 3.43. The first-order valence-corrected chi connectivity index (χ1v) is 4.18.